The minimum absolute atomic E-state index is 0.307. The zero-order valence-corrected chi connectivity index (χ0v) is 11.6. The van der Waals surface area contributed by atoms with Gasteiger partial charge in [0, 0.05) is 30.5 Å². The summed E-state index contributed by atoms with van der Waals surface area (Å²) in [5.41, 5.74) is 8.72. The number of nitrogens with one attached hydrogen (secondary N) is 1. The van der Waals surface area contributed by atoms with Gasteiger partial charge >= 0.3 is 0 Å². The normalized spacial score (nSPS) is 10.7. The molecule has 0 bridgehead atoms. The highest BCUT2D eigenvalue weighted by atomic mass is 15.3. The van der Waals surface area contributed by atoms with Crippen LogP contribution >= 0.6 is 0 Å². The molecule has 0 unspecified atom stereocenters. The summed E-state index contributed by atoms with van der Waals surface area (Å²) in [7, 11) is 0. The van der Waals surface area contributed by atoms with Gasteiger partial charge in [-0.3, -0.25) is 4.68 Å². The van der Waals surface area contributed by atoms with E-state index >= 15 is 0 Å². The number of aromatic nitrogens is 4. The summed E-state index contributed by atoms with van der Waals surface area (Å²) in [6.07, 6.45) is 0.977. The van der Waals surface area contributed by atoms with Crippen molar-refractivity contribution < 1.29 is 0 Å². The molecule has 2 aromatic rings. The van der Waals surface area contributed by atoms with E-state index in [1.807, 2.05) is 24.6 Å². The van der Waals surface area contributed by atoms with Crippen LogP contribution in [0, 0.1) is 20.8 Å². The highest BCUT2D eigenvalue weighted by molar-refractivity contribution is 5.39. The summed E-state index contributed by atoms with van der Waals surface area (Å²) in [6, 6.07) is 3.97. The molecule has 6 nitrogen and oxygen atoms in total. The van der Waals surface area contributed by atoms with Gasteiger partial charge in [0.1, 0.15) is 5.82 Å². The maximum Gasteiger partial charge on any atom is 0.222 e. The lowest BCUT2D eigenvalue weighted by Crippen LogP contribution is -2.10. The monoisotopic (exact) mass is 260 g/mol. The molecule has 0 aromatic carbocycles. The highest BCUT2D eigenvalue weighted by Crippen LogP contribution is 2.07. The Morgan fingerprint density at radius 1 is 1.16 bits per heavy atom. The van der Waals surface area contributed by atoms with E-state index in [1.54, 1.807) is 0 Å². The molecule has 19 heavy (non-hydrogen) atoms. The molecular weight excluding hydrogens is 240 g/mol. The third-order valence-corrected chi connectivity index (χ3v) is 2.83. The number of rotatable bonds is 5. The van der Waals surface area contributed by atoms with Crippen LogP contribution in [0.15, 0.2) is 12.1 Å². The quantitative estimate of drug-likeness (QED) is 0.799. The second-order valence-corrected chi connectivity index (χ2v) is 4.68. The van der Waals surface area contributed by atoms with Crippen LogP contribution in [0.25, 0.3) is 0 Å². The number of nitrogens with two attached hydrogens (primary N) is 1. The number of aryl methyl sites for hydroxylation is 4. The first-order chi connectivity index (χ1) is 9.04. The first kappa shape index (κ1) is 13.3. The second kappa shape index (κ2) is 5.69. The van der Waals surface area contributed by atoms with Crippen molar-refractivity contribution in [3.63, 3.8) is 0 Å². The van der Waals surface area contributed by atoms with Crippen LogP contribution in [-0.4, -0.2) is 26.3 Å². The first-order valence-corrected chi connectivity index (χ1v) is 6.40. The molecule has 0 atom stereocenters. The Bertz CT molecular complexity index is 540. The molecule has 0 fully saturated rings. The van der Waals surface area contributed by atoms with Crippen molar-refractivity contribution in [2.24, 2.45) is 0 Å². The fourth-order valence-corrected chi connectivity index (χ4v) is 2.03. The van der Waals surface area contributed by atoms with Crippen molar-refractivity contribution in [3.05, 3.63) is 29.2 Å². The third kappa shape index (κ3) is 3.67. The van der Waals surface area contributed by atoms with Crippen LogP contribution in [-0.2, 0) is 6.54 Å². The van der Waals surface area contributed by atoms with Crippen molar-refractivity contribution in [2.75, 3.05) is 17.6 Å². The van der Waals surface area contributed by atoms with Gasteiger partial charge in [0.2, 0.25) is 5.95 Å². The average molecular weight is 260 g/mol. The molecule has 0 aliphatic rings. The van der Waals surface area contributed by atoms with Crippen LogP contribution in [0.1, 0.15) is 23.5 Å². The molecule has 0 spiro atoms. The molecule has 0 saturated carbocycles. The Kier molecular flexibility index (Phi) is 3.99. The zero-order valence-electron chi connectivity index (χ0n) is 11.6. The Labute approximate surface area is 113 Å². The zero-order chi connectivity index (χ0) is 13.8. The molecular formula is C13H20N6. The topological polar surface area (TPSA) is 81.7 Å². The van der Waals surface area contributed by atoms with E-state index in [-0.39, 0.29) is 0 Å². The maximum atomic E-state index is 5.60. The van der Waals surface area contributed by atoms with Gasteiger partial charge in [0.15, 0.2) is 0 Å². The summed E-state index contributed by atoms with van der Waals surface area (Å²) in [5, 5.41) is 7.68. The van der Waals surface area contributed by atoms with E-state index in [0.717, 1.165) is 36.7 Å². The van der Waals surface area contributed by atoms with Gasteiger partial charge in [-0.05, 0) is 33.3 Å². The number of nitrogen functional groups attached to an aromatic ring is 1. The van der Waals surface area contributed by atoms with Gasteiger partial charge in [-0.2, -0.15) is 10.1 Å². The van der Waals surface area contributed by atoms with Gasteiger partial charge in [-0.25, -0.2) is 4.98 Å². The molecule has 0 saturated heterocycles. The molecule has 102 valence electrons. The van der Waals surface area contributed by atoms with E-state index < -0.39 is 0 Å². The van der Waals surface area contributed by atoms with E-state index in [4.69, 9.17) is 5.73 Å². The van der Waals surface area contributed by atoms with Crippen LogP contribution < -0.4 is 11.1 Å². The van der Waals surface area contributed by atoms with Crippen LogP contribution in [0.2, 0.25) is 0 Å². The Hall–Kier alpha value is -2.11. The van der Waals surface area contributed by atoms with Crippen molar-refractivity contribution in [1.29, 1.82) is 0 Å². The van der Waals surface area contributed by atoms with Gasteiger partial charge in [-0.1, -0.05) is 0 Å². The minimum atomic E-state index is 0.307. The van der Waals surface area contributed by atoms with Crippen LogP contribution in [0.3, 0.4) is 0 Å². The molecule has 0 radical (unpaired) electrons. The molecule has 0 amide bonds. The summed E-state index contributed by atoms with van der Waals surface area (Å²) in [5.74, 6) is 1.08. The SMILES string of the molecule is Cc1cc(NCCCn2nc(C)cc2C)nc(N)n1. The van der Waals surface area contributed by atoms with Crippen molar-refractivity contribution in [3.8, 4) is 0 Å². The van der Waals surface area contributed by atoms with Gasteiger partial charge < -0.3 is 11.1 Å². The average Bonchev–Trinajstić information content (AvgIpc) is 2.62. The second-order valence-electron chi connectivity index (χ2n) is 4.68. The third-order valence-electron chi connectivity index (χ3n) is 2.83. The number of nitrogens with zero attached hydrogens (tertiary/aromatic N) is 4. The highest BCUT2D eigenvalue weighted by Gasteiger charge is 2.01. The maximum absolute atomic E-state index is 5.60. The standard InChI is InChI=1S/C13H20N6/c1-9-8-12(17-13(14)16-9)15-5-4-6-19-11(3)7-10(2)18-19/h7-8H,4-6H2,1-3H3,(H3,14,15,16,17). The molecule has 3 N–H and O–H groups in total. The predicted molar refractivity (Wildman–Crippen MR) is 76.0 cm³/mol. The van der Waals surface area contributed by atoms with Crippen LogP contribution in [0.4, 0.5) is 11.8 Å². The van der Waals surface area contributed by atoms with E-state index in [9.17, 15) is 0 Å². The van der Waals surface area contributed by atoms with Crippen molar-refractivity contribution >= 4 is 11.8 Å². The lowest BCUT2D eigenvalue weighted by molar-refractivity contribution is 0.573. The molecule has 2 aromatic heterocycles. The largest absolute Gasteiger partial charge is 0.370 e. The Balaban J connectivity index is 1.82. The smallest absolute Gasteiger partial charge is 0.222 e. The molecule has 6 heteroatoms. The lowest BCUT2D eigenvalue weighted by Gasteiger charge is -2.08. The molecule has 0 aliphatic carbocycles. The van der Waals surface area contributed by atoms with Gasteiger partial charge in [0.25, 0.3) is 0 Å². The van der Waals surface area contributed by atoms with E-state index in [0.29, 0.717) is 5.95 Å². The van der Waals surface area contributed by atoms with E-state index in [2.05, 4.69) is 33.4 Å². The fraction of sp³-hybridized carbons (Fsp3) is 0.462. The number of hydrogen-bond acceptors (Lipinski definition) is 5. The number of hydrogen-bond donors (Lipinski definition) is 2. The summed E-state index contributed by atoms with van der Waals surface area (Å²) < 4.78 is 2.02. The Morgan fingerprint density at radius 3 is 2.58 bits per heavy atom. The lowest BCUT2D eigenvalue weighted by atomic mass is 10.3. The minimum Gasteiger partial charge on any atom is -0.370 e. The molecule has 2 rings (SSSR count). The molecule has 2 heterocycles. The fourth-order valence-electron chi connectivity index (χ4n) is 2.03. The first-order valence-electron chi connectivity index (χ1n) is 6.40. The number of anilines is 2. The summed E-state index contributed by atoms with van der Waals surface area (Å²) in [6.45, 7) is 7.70. The van der Waals surface area contributed by atoms with Crippen LogP contribution in [0.5, 0.6) is 0 Å². The summed E-state index contributed by atoms with van der Waals surface area (Å²) >= 11 is 0. The van der Waals surface area contributed by atoms with Gasteiger partial charge in [-0.15, -0.1) is 0 Å². The molecule has 0 aliphatic heterocycles. The predicted octanol–water partition coefficient (Wildman–Crippen LogP) is 1.68. The van der Waals surface area contributed by atoms with Crippen molar-refractivity contribution in [1.82, 2.24) is 19.7 Å². The van der Waals surface area contributed by atoms with E-state index in [1.165, 1.54) is 5.69 Å². The Morgan fingerprint density at radius 2 is 1.95 bits per heavy atom. The summed E-state index contributed by atoms with van der Waals surface area (Å²) in [4.78, 5) is 8.17. The van der Waals surface area contributed by atoms with Crippen molar-refractivity contribution in [2.45, 2.75) is 33.7 Å². The van der Waals surface area contributed by atoms with Gasteiger partial charge in [0.05, 0.1) is 5.69 Å².